The topological polar surface area (TPSA) is 106 Å². The second kappa shape index (κ2) is 8.94. The maximum absolute atomic E-state index is 13.2. The van der Waals surface area contributed by atoms with Gasteiger partial charge in [-0.1, -0.05) is 19.8 Å². The first-order valence-electron chi connectivity index (χ1n) is 10.4. The summed E-state index contributed by atoms with van der Waals surface area (Å²) in [7, 11) is 1.56. The summed E-state index contributed by atoms with van der Waals surface area (Å²) in [6, 6.07) is 1.67. The van der Waals surface area contributed by atoms with E-state index in [1.54, 1.807) is 18.9 Å². The van der Waals surface area contributed by atoms with Crippen LogP contribution in [0.15, 0.2) is 6.07 Å². The molecule has 0 bridgehead atoms. The summed E-state index contributed by atoms with van der Waals surface area (Å²) in [6.07, 6.45) is 4.91. The van der Waals surface area contributed by atoms with E-state index in [0.717, 1.165) is 32.1 Å². The van der Waals surface area contributed by atoms with Crippen LogP contribution in [0, 0.1) is 0 Å². The van der Waals surface area contributed by atoms with Crippen LogP contribution in [0.2, 0.25) is 0 Å². The standard InChI is InChI=1S/C20H31N5O4/c1-4-10-24-18(27)16-12-15(17(26)21-9-11-29-3)23-25(16)13-20(24,2)19(28)22-14-7-5-6-8-14/h12,14H,4-11,13H2,1-3H3,(H,21,26)(H,22,28)/t20-/m1/s1. The van der Waals surface area contributed by atoms with E-state index in [2.05, 4.69) is 15.7 Å². The summed E-state index contributed by atoms with van der Waals surface area (Å²) in [5, 5.41) is 10.2. The summed E-state index contributed by atoms with van der Waals surface area (Å²) in [6.45, 7) is 5.19. The van der Waals surface area contributed by atoms with Gasteiger partial charge in [0.05, 0.1) is 13.2 Å². The van der Waals surface area contributed by atoms with Crippen molar-refractivity contribution in [3.63, 3.8) is 0 Å². The summed E-state index contributed by atoms with van der Waals surface area (Å²) in [5.41, 5.74) is -0.541. The Hall–Kier alpha value is -2.42. The fraction of sp³-hybridized carbons (Fsp3) is 0.700. The minimum Gasteiger partial charge on any atom is -0.383 e. The van der Waals surface area contributed by atoms with E-state index >= 15 is 0 Å². The van der Waals surface area contributed by atoms with Gasteiger partial charge in [0, 0.05) is 32.3 Å². The van der Waals surface area contributed by atoms with Crippen molar-refractivity contribution in [3.05, 3.63) is 17.5 Å². The Labute approximate surface area is 171 Å². The van der Waals surface area contributed by atoms with E-state index in [-0.39, 0.29) is 36.0 Å². The molecule has 1 saturated carbocycles. The smallest absolute Gasteiger partial charge is 0.273 e. The molecule has 0 spiro atoms. The molecule has 3 rings (SSSR count). The third-order valence-corrected chi connectivity index (χ3v) is 5.75. The van der Waals surface area contributed by atoms with E-state index in [4.69, 9.17) is 4.74 Å². The molecular formula is C20H31N5O4. The Bertz CT molecular complexity index is 771. The predicted molar refractivity (Wildman–Crippen MR) is 107 cm³/mol. The molecule has 9 heteroatoms. The molecule has 29 heavy (non-hydrogen) atoms. The quantitative estimate of drug-likeness (QED) is 0.626. The van der Waals surface area contributed by atoms with Crippen LogP contribution in [0.3, 0.4) is 0 Å². The van der Waals surface area contributed by atoms with Crippen molar-refractivity contribution in [2.45, 2.75) is 64.1 Å². The number of ether oxygens (including phenoxy) is 1. The van der Waals surface area contributed by atoms with Gasteiger partial charge in [0.2, 0.25) is 5.91 Å². The average molecular weight is 405 g/mol. The zero-order chi connectivity index (χ0) is 21.0. The number of carbonyl (C=O) groups is 3. The van der Waals surface area contributed by atoms with Crippen LogP contribution in [-0.4, -0.2) is 70.8 Å². The van der Waals surface area contributed by atoms with Gasteiger partial charge in [-0.3, -0.25) is 19.1 Å². The molecule has 1 aromatic heterocycles. The van der Waals surface area contributed by atoms with Gasteiger partial charge < -0.3 is 20.3 Å². The Morgan fingerprint density at radius 1 is 1.34 bits per heavy atom. The molecular weight excluding hydrogens is 374 g/mol. The first-order chi connectivity index (χ1) is 13.9. The number of hydrogen-bond acceptors (Lipinski definition) is 5. The second-order valence-corrected chi connectivity index (χ2v) is 8.01. The van der Waals surface area contributed by atoms with E-state index in [1.807, 2.05) is 6.92 Å². The second-order valence-electron chi connectivity index (χ2n) is 8.01. The Balaban J connectivity index is 1.84. The minimum absolute atomic E-state index is 0.154. The molecule has 9 nitrogen and oxygen atoms in total. The van der Waals surface area contributed by atoms with Crippen molar-refractivity contribution in [2.24, 2.45) is 0 Å². The molecule has 1 aliphatic heterocycles. The van der Waals surface area contributed by atoms with Gasteiger partial charge in [-0.05, 0) is 26.2 Å². The third-order valence-electron chi connectivity index (χ3n) is 5.75. The van der Waals surface area contributed by atoms with Crippen LogP contribution in [0.5, 0.6) is 0 Å². The monoisotopic (exact) mass is 405 g/mol. The van der Waals surface area contributed by atoms with Gasteiger partial charge in [0.15, 0.2) is 5.69 Å². The molecule has 2 heterocycles. The van der Waals surface area contributed by atoms with Crippen LogP contribution in [0.1, 0.15) is 66.9 Å². The zero-order valence-corrected chi connectivity index (χ0v) is 17.5. The molecule has 160 valence electrons. The van der Waals surface area contributed by atoms with Crippen LogP contribution < -0.4 is 10.6 Å². The maximum atomic E-state index is 13.2. The van der Waals surface area contributed by atoms with Crippen LogP contribution in [0.25, 0.3) is 0 Å². The average Bonchev–Trinajstić information content (AvgIpc) is 3.35. The van der Waals surface area contributed by atoms with Crippen LogP contribution in [-0.2, 0) is 16.1 Å². The lowest BCUT2D eigenvalue weighted by atomic mass is 9.94. The number of nitrogens with zero attached hydrogens (tertiary/aromatic N) is 3. The highest BCUT2D eigenvalue weighted by Crippen LogP contribution is 2.29. The van der Waals surface area contributed by atoms with Crippen molar-refractivity contribution < 1.29 is 19.1 Å². The largest absolute Gasteiger partial charge is 0.383 e. The van der Waals surface area contributed by atoms with E-state index in [0.29, 0.717) is 25.4 Å². The Morgan fingerprint density at radius 3 is 2.72 bits per heavy atom. The van der Waals surface area contributed by atoms with E-state index < -0.39 is 5.54 Å². The van der Waals surface area contributed by atoms with Gasteiger partial charge in [0.25, 0.3) is 11.8 Å². The highest BCUT2D eigenvalue weighted by atomic mass is 16.5. The number of nitrogens with one attached hydrogen (secondary N) is 2. The molecule has 0 aromatic carbocycles. The molecule has 1 aliphatic carbocycles. The van der Waals surface area contributed by atoms with Crippen molar-refractivity contribution in [3.8, 4) is 0 Å². The molecule has 1 aromatic rings. The molecule has 0 unspecified atom stereocenters. The molecule has 0 saturated heterocycles. The van der Waals surface area contributed by atoms with E-state index in [1.165, 1.54) is 10.7 Å². The molecule has 1 fully saturated rings. The molecule has 2 aliphatic rings. The van der Waals surface area contributed by atoms with Gasteiger partial charge in [0.1, 0.15) is 11.2 Å². The van der Waals surface area contributed by atoms with Gasteiger partial charge in [-0.2, -0.15) is 5.10 Å². The summed E-state index contributed by atoms with van der Waals surface area (Å²) in [5.74, 6) is -0.792. The number of methoxy groups -OCH3 is 1. The van der Waals surface area contributed by atoms with E-state index in [9.17, 15) is 14.4 Å². The SMILES string of the molecule is CCCN1C(=O)c2cc(C(=O)NCCOC)nn2C[C@]1(C)C(=O)NC1CCCC1. The Kier molecular flexibility index (Phi) is 6.56. The van der Waals surface area contributed by atoms with Gasteiger partial charge in [-0.25, -0.2) is 0 Å². The molecule has 0 radical (unpaired) electrons. The lowest BCUT2D eigenvalue weighted by molar-refractivity contribution is -0.133. The fourth-order valence-electron chi connectivity index (χ4n) is 4.09. The summed E-state index contributed by atoms with van der Waals surface area (Å²) < 4.78 is 6.42. The highest BCUT2D eigenvalue weighted by Gasteiger charge is 2.48. The third kappa shape index (κ3) is 4.29. The van der Waals surface area contributed by atoms with Crippen molar-refractivity contribution >= 4 is 17.7 Å². The van der Waals surface area contributed by atoms with Crippen molar-refractivity contribution in [1.82, 2.24) is 25.3 Å². The number of rotatable bonds is 8. The first kappa shape index (κ1) is 21.3. The molecule has 1 atom stereocenters. The van der Waals surface area contributed by atoms with Gasteiger partial charge >= 0.3 is 0 Å². The van der Waals surface area contributed by atoms with Crippen LogP contribution >= 0.6 is 0 Å². The number of fused-ring (bicyclic) bond motifs is 1. The van der Waals surface area contributed by atoms with Crippen molar-refractivity contribution in [1.29, 1.82) is 0 Å². The first-order valence-corrected chi connectivity index (χ1v) is 10.4. The maximum Gasteiger partial charge on any atom is 0.273 e. The van der Waals surface area contributed by atoms with Crippen LogP contribution in [0.4, 0.5) is 0 Å². The lowest BCUT2D eigenvalue weighted by Gasteiger charge is -2.43. The Morgan fingerprint density at radius 2 is 2.07 bits per heavy atom. The van der Waals surface area contributed by atoms with Crippen molar-refractivity contribution in [2.75, 3.05) is 26.8 Å². The summed E-state index contributed by atoms with van der Waals surface area (Å²) in [4.78, 5) is 40.3. The number of carbonyl (C=O) groups excluding carboxylic acids is 3. The molecule has 2 N–H and O–H groups in total. The van der Waals surface area contributed by atoms with Gasteiger partial charge in [-0.15, -0.1) is 0 Å². The normalized spacial score (nSPS) is 21.9. The molecule has 3 amide bonds. The lowest BCUT2D eigenvalue weighted by Crippen LogP contribution is -2.65. The number of amides is 3. The summed E-state index contributed by atoms with van der Waals surface area (Å²) >= 11 is 0. The highest BCUT2D eigenvalue weighted by molar-refractivity contribution is 6.01. The fourth-order valence-corrected chi connectivity index (χ4v) is 4.09. The predicted octanol–water partition coefficient (Wildman–Crippen LogP) is 0.943. The number of aromatic nitrogens is 2. The zero-order valence-electron chi connectivity index (χ0n) is 17.5. The number of hydrogen-bond donors (Lipinski definition) is 2. The minimum atomic E-state index is -1.04.